The van der Waals surface area contributed by atoms with E-state index < -0.39 is 6.04 Å². The van der Waals surface area contributed by atoms with Crippen LogP contribution in [0.1, 0.15) is 54.4 Å². The van der Waals surface area contributed by atoms with Crippen LogP contribution < -0.4 is 10.1 Å². The third-order valence-corrected chi connectivity index (χ3v) is 8.87. The number of urea groups is 1. The fraction of sp³-hybridized carbons (Fsp3) is 0.571. The number of nitrogens with zero attached hydrogens (tertiary/aromatic N) is 4. The summed E-state index contributed by atoms with van der Waals surface area (Å²) in [6.07, 6.45) is 4.66. The molecule has 3 aliphatic rings. The Bertz CT molecular complexity index is 1310. The summed E-state index contributed by atoms with van der Waals surface area (Å²) < 4.78 is 13.0. The number of benzene rings is 1. The van der Waals surface area contributed by atoms with Crippen molar-refractivity contribution in [2.75, 3.05) is 45.2 Å². The van der Waals surface area contributed by atoms with Gasteiger partial charge in [0.25, 0.3) is 0 Å². The summed E-state index contributed by atoms with van der Waals surface area (Å²) in [5.74, 6) is 2.23. The van der Waals surface area contributed by atoms with E-state index in [9.17, 15) is 9.90 Å². The highest BCUT2D eigenvalue weighted by Crippen LogP contribution is 2.50. The molecule has 1 aliphatic carbocycles. The fourth-order valence-corrected chi connectivity index (χ4v) is 6.65. The number of aliphatic hydroxyl groups excluding tert-OH is 1. The van der Waals surface area contributed by atoms with Gasteiger partial charge in [0.2, 0.25) is 0 Å². The van der Waals surface area contributed by atoms with Crippen LogP contribution in [0.15, 0.2) is 22.7 Å². The number of aromatic nitrogens is 2. The molecule has 1 saturated heterocycles. The molecule has 1 aromatic carbocycles. The molecule has 1 spiro atoms. The average Bonchev–Trinajstić information content (AvgIpc) is 3.61. The molecule has 2 aliphatic heterocycles. The third-order valence-electron chi connectivity index (χ3n) is 8.87. The number of amides is 2. The van der Waals surface area contributed by atoms with Crippen LogP contribution >= 0.6 is 0 Å². The van der Waals surface area contributed by atoms with E-state index in [2.05, 4.69) is 32.1 Å². The molecule has 2 N–H and O–H groups in total. The lowest BCUT2D eigenvalue weighted by atomic mass is 9.68. The lowest BCUT2D eigenvalue weighted by molar-refractivity contribution is 0.0699. The number of methoxy groups -OCH3 is 1. The van der Waals surface area contributed by atoms with Crippen LogP contribution in [0.2, 0.25) is 0 Å². The van der Waals surface area contributed by atoms with Gasteiger partial charge in [-0.05, 0) is 76.2 Å². The Morgan fingerprint density at radius 3 is 2.65 bits per heavy atom. The molecule has 2 amide bonds. The second kappa shape index (κ2) is 9.06. The molecule has 0 unspecified atom stereocenters. The van der Waals surface area contributed by atoms with Gasteiger partial charge in [-0.1, -0.05) is 5.16 Å². The van der Waals surface area contributed by atoms with Crippen molar-refractivity contribution in [1.29, 1.82) is 0 Å². The summed E-state index contributed by atoms with van der Waals surface area (Å²) in [5, 5.41) is 18.9. The number of likely N-dealkylation sites (tertiary alicyclic amines) is 1. The number of aliphatic hydroxyl groups is 1. The number of ether oxygens (including phenoxy) is 1. The van der Waals surface area contributed by atoms with E-state index in [0.29, 0.717) is 23.7 Å². The van der Waals surface area contributed by atoms with E-state index in [1.54, 1.807) is 14.0 Å². The SMILES string of the molecule is COc1ccc2c3c(n(C)c2c1)[C@H](CO)N(C(=O)Nc1c(C)noc1C)CC31CCN(CC2CC2)CC1. The molecule has 1 saturated carbocycles. The first-order chi connectivity index (χ1) is 17.8. The zero-order valence-corrected chi connectivity index (χ0v) is 22.2. The van der Waals surface area contributed by atoms with Crippen molar-refractivity contribution in [1.82, 2.24) is 19.5 Å². The summed E-state index contributed by atoms with van der Waals surface area (Å²) in [6, 6.07) is 5.53. The second-order valence-corrected chi connectivity index (χ2v) is 11.2. The van der Waals surface area contributed by atoms with Crippen LogP contribution in [0.4, 0.5) is 10.5 Å². The minimum absolute atomic E-state index is 0.160. The van der Waals surface area contributed by atoms with E-state index in [1.165, 1.54) is 30.3 Å². The highest BCUT2D eigenvalue weighted by molar-refractivity contribution is 5.93. The monoisotopic (exact) mass is 507 g/mol. The van der Waals surface area contributed by atoms with Crippen molar-refractivity contribution in [3.63, 3.8) is 0 Å². The standard InChI is InChI=1S/C28H37N5O4/c1-17-25(18(2)37-30-17)29-27(35)33-16-28(9-11-32(12-10-28)14-19-5-6-19)24-21-8-7-20(36-4)13-22(21)31(3)26(24)23(33)15-34/h7-8,13,19,23,34H,5-6,9-12,14-16H2,1-4H3,(H,29,35)/t23-/m0/s1. The van der Waals surface area contributed by atoms with Crippen molar-refractivity contribution < 1.29 is 19.2 Å². The highest BCUT2D eigenvalue weighted by Gasteiger charge is 2.49. The first-order valence-electron chi connectivity index (χ1n) is 13.4. The maximum Gasteiger partial charge on any atom is 0.322 e. The van der Waals surface area contributed by atoms with Crippen molar-refractivity contribution in [3.05, 3.63) is 40.9 Å². The number of nitrogens with one attached hydrogen (secondary N) is 1. The number of aryl methyl sites for hydroxylation is 3. The van der Waals surface area contributed by atoms with E-state index in [0.717, 1.165) is 48.8 Å². The predicted octanol–water partition coefficient (Wildman–Crippen LogP) is 4.12. The van der Waals surface area contributed by atoms with Gasteiger partial charge >= 0.3 is 6.03 Å². The molecule has 37 heavy (non-hydrogen) atoms. The number of fused-ring (bicyclic) bond motifs is 4. The van der Waals surface area contributed by atoms with Crippen molar-refractivity contribution >= 4 is 22.6 Å². The molecule has 4 heterocycles. The lowest BCUT2D eigenvalue weighted by Gasteiger charge is -2.50. The Balaban J connectivity index is 1.44. The van der Waals surface area contributed by atoms with Gasteiger partial charge in [0.1, 0.15) is 17.1 Å². The average molecular weight is 508 g/mol. The largest absolute Gasteiger partial charge is 0.497 e. The zero-order chi connectivity index (χ0) is 25.9. The predicted molar refractivity (Wildman–Crippen MR) is 141 cm³/mol. The Morgan fingerprint density at radius 2 is 2.03 bits per heavy atom. The van der Waals surface area contributed by atoms with Gasteiger partial charge in [0.15, 0.2) is 5.76 Å². The van der Waals surface area contributed by atoms with E-state index in [-0.39, 0.29) is 18.1 Å². The van der Waals surface area contributed by atoms with Gasteiger partial charge in [0, 0.05) is 42.7 Å². The quantitative estimate of drug-likeness (QED) is 0.540. The van der Waals surface area contributed by atoms with Crippen LogP contribution in [0, 0.1) is 19.8 Å². The summed E-state index contributed by atoms with van der Waals surface area (Å²) >= 11 is 0. The highest BCUT2D eigenvalue weighted by atomic mass is 16.5. The topological polar surface area (TPSA) is 96.0 Å². The van der Waals surface area contributed by atoms with Crippen LogP contribution in [0.5, 0.6) is 5.75 Å². The summed E-state index contributed by atoms with van der Waals surface area (Å²) in [4.78, 5) is 18.2. The smallest absolute Gasteiger partial charge is 0.322 e. The van der Waals surface area contributed by atoms with Gasteiger partial charge in [-0.3, -0.25) is 0 Å². The number of hydrogen-bond donors (Lipinski definition) is 2. The molecular formula is C28H37N5O4. The number of piperidine rings is 1. The molecule has 0 radical (unpaired) electrons. The molecule has 6 rings (SSSR count). The third kappa shape index (κ3) is 3.99. The number of carbonyl (C=O) groups excluding carboxylic acids is 1. The van der Waals surface area contributed by atoms with Gasteiger partial charge < -0.3 is 34.1 Å². The molecule has 1 atom stereocenters. The van der Waals surface area contributed by atoms with Crippen LogP contribution in [0.3, 0.4) is 0 Å². The first kappa shape index (κ1) is 24.3. The molecule has 0 bridgehead atoms. The minimum atomic E-state index is -0.464. The summed E-state index contributed by atoms with van der Waals surface area (Å²) in [5.41, 5.74) is 4.42. The zero-order valence-electron chi connectivity index (χ0n) is 22.2. The van der Waals surface area contributed by atoms with E-state index in [1.807, 2.05) is 24.9 Å². The molecule has 198 valence electrons. The van der Waals surface area contributed by atoms with Gasteiger partial charge in [-0.2, -0.15) is 0 Å². The Labute approximate surface area is 217 Å². The fourth-order valence-electron chi connectivity index (χ4n) is 6.65. The molecule has 9 heteroatoms. The van der Waals surface area contributed by atoms with Crippen molar-refractivity contribution in [3.8, 4) is 5.75 Å². The van der Waals surface area contributed by atoms with Crippen LogP contribution in [0.25, 0.3) is 10.9 Å². The van der Waals surface area contributed by atoms with E-state index in [4.69, 9.17) is 9.26 Å². The van der Waals surface area contributed by atoms with Crippen molar-refractivity contribution in [2.24, 2.45) is 13.0 Å². The second-order valence-electron chi connectivity index (χ2n) is 11.2. The van der Waals surface area contributed by atoms with Crippen molar-refractivity contribution in [2.45, 2.75) is 51.0 Å². The molecular weight excluding hydrogens is 470 g/mol. The summed E-state index contributed by atoms with van der Waals surface area (Å²) in [7, 11) is 3.72. The molecule has 3 aromatic rings. The lowest BCUT2D eigenvalue weighted by Crippen LogP contribution is -2.56. The Morgan fingerprint density at radius 1 is 1.27 bits per heavy atom. The molecule has 9 nitrogen and oxygen atoms in total. The van der Waals surface area contributed by atoms with Crippen LogP contribution in [-0.2, 0) is 12.5 Å². The summed E-state index contributed by atoms with van der Waals surface area (Å²) in [6.45, 7) is 7.23. The van der Waals surface area contributed by atoms with Gasteiger partial charge in [-0.25, -0.2) is 4.79 Å². The number of rotatable bonds is 5. The maximum atomic E-state index is 13.8. The Kier molecular flexibility index (Phi) is 5.95. The normalized spacial score (nSPS) is 21.4. The van der Waals surface area contributed by atoms with Crippen LogP contribution in [-0.4, -0.2) is 70.6 Å². The molecule has 2 fully saturated rings. The Hall–Kier alpha value is -3.04. The number of anilines is 1. The maximum absolute atomic E-state index is 13.8. The first-order valence-corrected chi connectivity index (χ1v) is 13.4. The van der Waals surface area contributed by atoms with Gasteiger partial charge in [-0.15, -0.1) is 0 Å². The molecule has 2 aromatic heterocycles. The number of hydrogen-bond acceptors (Lipinski definition) is 6. The number of carbonyl (C=O) groups is 1. The minimum Gasteiger partial charge on any atom is -0.497 e. The van der Waals surface area contributed by atoms with Gasteiger partial charge in [0.05, 0.1) is 25.3 Å². The van der Waals surface area contributed by atoms with E-state index >= 15 is 0 Å².